The maximum Gasteiger partial charge on any atom is 0.137 e. The molecule has 0 fully saturated rings. The molecule has 0 aliphatic carbocycles. The molecule has 2 aromatic heterocycles. The van der Waals surface area contributed by atoms with Crippen molar-refractivity contribution in [2.45, 2.75) is 0 Å². The zero-order valence-corrected chi connectivity index (χ0v) is 29.8. The zero-order chi connectivity index (χ0) is 36.3. The number of benzene rings is 9. The van der Waals surface area contributed by atoms with Crippen LogP contribution in [0, 0.1) is 0 Å². The second-order valence-electron chi connectivity index (χ2n) is 14.1. The highest BCUT2D eigenvalue weighted by atomic mass is 16.3. The molecule has 0 aliphatic heterocycles. The fourth-order valence-electron chi connectivity index (χ4n) is 8.16. The Hall–Kier alpha value is -7.36. The Bertz CT molecular complexity index is 3240. The summed E-state index contributed by atoms with van der Waals surface area (Å²) in [4.78, 5) is 2.35. The van der Waals surface area contributed by atoms with Crippen molar-refractivity contribution in [1.29, 1.82) is 0 Å². The second-order valence-corrected chi connectivity index (χ2v) is 14.1. The first-order valence-electron chi connectivity index (χ1n) is 18.7. The van der Waals surface area contributed by atoms with Gasteiger partial charge in [0.25, 0.3) is 0 Å². The predicted octanol–water partition coefficient (Wildman–Crippen LogP) is 15.1. The van der Waals surface area contributed by atoms with Crippen molar-refractivity contribution < 1.29 is 8.83 Å². The van der Waals surface area contributed by atoms with Crippen LogP contribution in [0.4, 0.5) is 17.1 Å². The second kappa shape index (κ2) is 12.6. The zero-order valence-electron chi connectivity index (χ0n) is 29.8. The minimum atomic E-state index is 0.851. The quantitative estimate of drug-likeness (QED) is 0.173. The molecule has 3 nitrogen and oxygen atoms in total. The first kappa shape index (κ1) is 31.2. The summed E-state index contributed by atoms with van der Waals surface area (Å²) in [5.41, 5.74) is 13.5. The van der Waals surface area contributed by atoms with E-state index in [2.05, 4.69) is 181 Å². The summed E-state index contributed by atoms with van der Waals surface area (Å²) in [6.45, 7) is 0. The van der Waals surface area contributed by atoms with Gasteiger partial charge in [0.05, 0.1) is 5.69 Å². The molecule has 0 radical (unpaired) electrons. The number of furan rings is 2. The smallest absolute Gasteiger partial charge is 0.137 e. The highest BCUT2D eigenvalue weighted by Gasteiger charge is 2.20. The average molecular weight is 704 g/mol. The van der Waals surface area contributed by atoms with Gasteiger partial charge in [-0.1, -0.05) is 127 Å². The maximum absolute atomic E-state index is 6.44. The molecule has 2 heterocycles. The molecule has 0 aliphatic rings. The van der Waals surface area contributed by atoms with Gasteiger partial charge < -0.3 is 13.7 Å². The molecule has 55 heavy (non-hydrogen) atoms. The minimum absolute atomic E-state index is 0.851. The van der Waals surface area contributed by atoms with Gasteiger partial charge in [0, 0.05) is 44.5 Å². The summed E-state index contributed by atoms with van der Waals surface area (Å²) in [5.74, 6) is 0. The Labute approximate surface area is 317 Å². The predicted molar refractivity (Wildman–Crippen MR) is 229 cm³/mol. The Balaban J connectivity index is 1.07. The van der Waals surface area contributed by atoms with Crippen molar-refractivity contribution in [2.75, 3.05) is 4.90 Å². The van der Waals surface area contributed by atoms with E-state index in [0.29, 0.717) is 0 Å². The van der Waals surface area contributed by atoms with Gasteiger partial charge in [-0.05, 0) is 105 Å². The molecule has 0 bridgehead atoms. The van der Waals surface area contributed by atoms with E-state index in [0.717, 1.165) is 83.2 Å². The third-order valence-electron chi connectivity index (χ3n) is 10.8. The van der Waals surface area contributed by atoms with Gasteiger partial charge in [0.15, 0.2) is 0 Å². The number of nitrogens with zero attached hydrogens (tertiary/aromatic N) is 1. The first-order valence-corrected chi connectivity index (χ1v) is 18.7. The van der Waals surface area contributed by atoms with Gasteiger partial charge >= 0.3 is 0 Å². The van der Waals surface area contributed by atoms with E-state index in [9.17, 15) is 0 Å². The summed E-state index contributed by atoms with van der Waals surface area (Å²) in [5, 5.41) is 6.93. The third kappa shape index (κ3) is 5.36. The van der Waals surface area contributed by atoms with Crippen molar-refractivity contribution in [3.05, 3.63) is 200 Å². The molecule has 0 amide bonds. The van der Waals surface area contributed by atoms with Crippen LogP contribution in [-0.2, 0) is 0 Å². The lowest BCUT2D eigenvalue weighted by Crippen LogP contribution is -2.11. The van der Waals surface area contributed by atoms with Crippen LogP contribution in [-0.4, -0.2) is 0 Å². The third-order valence-corrected chi connectivity index (χ3v) is 10.8. The van der Waals surface area contributed by atoms with Gasteiger partial charge in [-0.3, -0.25) is 0 Å². The number of anilines is 3. The molecule has 258 valence electrons. The molecule has 0 atom stereocenters. The van der Waals surface area contributed by atoms with Gasteiger partial charge in [-0.25, -0.2) is 0 Å². The van der Waals surface area contributed by atoms with Crippen LogP contribution in [0.5, 0.6) is 0 Å². The number of rotatable bonds is 6. The summed E-state index contributed by atoms with van der Waals surface area (Å²) in [6.07, 6.45) is 0. The van der Waals surface area contributed by atoms with Crippen LogP contribution in [0.25, 0.3) is 88.0 Å². The minimum Gasteiger partial charge on any atom is -0.456 e. The van der Waals surface area contributed by atoms with Crippen LogP contribution < -0.4 is 4.90 Å². The molecule has 3 heteroatoms. The van der Waals surface area contributed by atoms with E-state index >= 15 is 0 Å². The van der Waals surface area contributed by atoms with Crippen LogP contribution >= 0.6 is 0 Å². The van der Waals surface area contributed by atoms with E-state index in [1.54, 1.807) is 0 Å². The molecule has 0 saturated heterocycles. The van der Waals surface area contributed by atoms with Gasteiger partial charge in [0.1, 0.15) is 22.3 Å². The topological polar surface area (TPSA) is 29.5 Å². The van der Waals surface area contributed by atoms with Crippen molar-refractivity contribution in [3.8, 4) is 33.4 Å². The highest BCUT2D eigenvalue weighted by molar-refractivity contribution is 6.08. The first-order chi connectivity index (χ1) is 27.2. The van der Waals surface area contributed by atoms with Crippen molar-refractivity contribution >= 4 is 71.7 Å². The van der Waals surface area contributed by atoms with Gasteiger partial charge in [-0.2, -0.15) is 0 Å². The van der Waals surface area contributed by atoms with E-state index < -0.39 is 0 Å². The molecule has 11 aromatic rings. The molecule has 0 N–H and O–H groups in total. The average Bonchev–Trinajstić information content (AvgIpc) is 3.81. The van der Waals surface area contributed by atoms with E-state index in [1.165, 1.54) is 21.9 Å². The Morgan fingerprint density at radius 3 is 1.62 bits per heavy atom. The van der Waals surface area contributed by atoms with Crippen molar-refractivity contribution in [2.24, 2.45) is 0 Å². The summed E-state index contributed by atoms with van der Waals surface area (Å²) in [7, 11) is 0. The van der Waals surface area contributed by atoms with Crippen molar-refractivity contribution in [3.63, 3.8) is 0 Å². The monoisotopic (exact) mass is 703 g/mol. The summed E-state index contributed by atoms with van der Waals surface area (Å²) >= 11 is 0. The number of para-hydroxylation sites is 3. The SMILES string of the molecule is c1cc(-c2cccc(N(c3ccc4c(c3)oc3ccccc34)c3ccccc3-c3ccc4c(c3)oc3ccccc34)c2)cc(-c2ccc3ccccc3c2)c1. The Kier molecular flexibility index (Phi) is 7.17. The summed E-state index contributed by atoms with van der Waals surface area (Å²) < 4.78 is 12.8. The Morgan fingerprint density at radius 1 is 0.291 bits per heavy atom. The van der Waals surface area contributed by atoms with Crippen LogP contribution in [0.2, 0.25) is 0 Å². The largest absolute Gasteiger partial charge is 0.456 e. The van der Waals surface area contributed by atoms with Crippen molar-refractivity contribution in [1.82, 2.24) is 0 Å². The molecular weight excluding hydrogens is 671 g/mol. The fraction of sp³-hybridized carbons (Fsp3) is 0. The molecule has 9 aromatic carbocycles. The molecule has 0 saturated carbocycles. The van der Waals surface area contributed by atoms with Gasteiger partial charge in [-0.15, -0.1) is 0 Å². The molecule has 0 unspecified atom stereocenters. The molecule has 11 rings (SSSR count). The highest BCUT2D eigenvalue weighted by Crippen LogP contribution is 2.44. The van der Waals surface area contributed by atoms with E-state index in [1.807, 2.05) is 24.3 Å². The van der Waals surface area contributed by atoms with Crippen LogP contribution in [0.15, 0.2) is 209 Å². The summed E-state index contributed by atoms with van der Waals surface area (Å²) in [6, 6.07) is 71.1. The van der Waals surface area contributed by atoms with E-state index in [4.69, 9.17) is 8.83 Å². The van der Waals surface area contributed by atoms with Crippen LogP contribution in [0.3, 0.4) is 0 Å². The fourth-order valence-corrected chi connectivity index (χ4v) is 8.16. The number of fused-ring (bicyclic) bond motifs is 7. The standard InChI is InChI=1S/C52H33NO2/c1-2-12-35-29-39(24-23-34(35)11-1)37-14-9-13-36(30-37)38-15-10-16-41(31-38)53(42-26-28-47-45-19-5-8-22-50(45)55-52(47)33-42)48-20-6-3-17-43(48)40-25-27-46-44-18-4-7-21-49(44)54-51(46)32-40/h1-33H. The Morgan fingerprint density at radius 2 is 0.836 bits per heavy atom. The normalized spacial score (nSPS) is 11.6. The molecular formula is C52H33NO2. The lowest BCUT2D eigenvalue weighted by molar-refractivity contribution is 0.668. The van der Waals surface area contributed by atoms with Gasteiger partial charge in [0.2, 0.25) is 0 Å². The lowest BCUT2D eigenvalue weighted by Gasteiger charge is -2.28. The van der Waals surface area contributed by atoms with Crippen LogP contribution in [0.1, 0.15) is 0 Å². The maximum atomic E-state index is 6.44. The number of hydrogen-bond acceptors (Lipinski definition) is 3. The number of hydrogen-bond donors (Lipinski definition) is 0. The van der Waals surface area contributed by atoms with E-state index in [-0.39, 0.29) is 0 Å². The lowest BCUT2D eigenvalue weighted by atomic mass is 9.96. The molecule has 0 spiro atoms.